The summed E-state index contributed by atoms with van der Waals surface area (Å²) in [5, 5.41) is 9.44. The zero-order chi connectivity index (χ0) is 15.0. The number of nitriles is 1. The van der Waals surface area contributed by atoms with Gasteiger partial charge in [0.25, 0.3) is 0 Å². The van der Waals surface area contributed by atoms with E-state index in [0.29, 0.717) is 10.6 Å². The zero-order valence-corrected chi connectivity index (χ0v) is 12.7. The van der Waals surface area contributed by atoms with Gasteiger partial charge in [-0.1, -0.05) is 17.7 Å². The van der Waals surface area contributed by atoms with E-state index in [1.807, 2.05) is 47.9 Å². The molecule has 21 heavy (non-hydrogen) atoms. The molecule has 104 valence electrons. The van der Waals surface area contributed by atoms with E-state index in [4.69, 9.17) is 28.5 Å². The molecule has 0 amide bonds. The SMILES string of the molecule is CC(Cl)c1nc2cc(Cl)ccc2n1-c1cccc(C#N)c1. The lowest BCUT2D eigenvalue weighted by Crippen LogP contribution is -2.02. The second-order valence-corrected chi connectivity index (χ2v) is 5.81. The van der Waals surface area contributed by atoms with Crippen LogP contribution in [0.4, 0.5) is 0 Å². The van der Waals surface area contributed by atoms with Crippen molar-refractivity contribution in [1.82, 2.24) is 9.55 Å². The molecule has 0 fully saturated rings. The van der Waals surface area contributed by atoms with Gasteiger partial charge >= 0.3 is 0 Å². The summed E-state index contributed by atoms with van der Waals surface area (Å²) in [5.41, 5.74) is 3.15. The van der Waals surface area contributed by atoms with Crippen LogP contribution in [0.25, 0.3) is 16.7 Å². The van der Waals surface area contributed by atoms with Crippen molar-refractivity contribution >= 4 is 34.2 Å². The Labute approximate surface area is 132 Å². The fourth-order valence-corrected chi connectivity index (χ4v) is 2.64. The van der Waals surface area contributed by atoms with Crippen molar-refractivity contribution in [2.45, 2.75) is 12.3 Å². The molecule has 0 bridgehead atoms. The van der Waals surface area contributed by atoms with Crippen LogP contribution in [0.5, 0.6) is 0 Å². The van der Waals surface area contributed by atoms with Crippen LogP contribution in [-0.4, -0.2) is 9.55 Å². The normalized spacial score (nSPS) is 12.3. The fourth-order valence-electron chi connectivity index (χ4n) is 2.32. The molecular weight excluding hydrogens is 305 g/mol. The summed E-state index contributed by atoms with van der Waals surface area (Å²) in [7, 11) is 0. The molecular formula is C16H11Cl2N3. The lowest BCUT2D eigenvalue weighted by atomic mass is 10.2. The standard InChI is InChI=1S/C16H11Cl2N3/c1-10(17)16-20-14-8-12(18)5-6-15(14)21(16)13-4-2-3-11(7-13)9-19/h2-8,10H,1H3. The number of hydrogen-bond donors (Lipinski definition) is 0. The maximum absolute atomic E-state index is 9.07. The Kier molecular flexibility index (Phi) is 3.59. The summed E-state index contributed by atoms with van der Waals surface area (Å²) in [4.78, 5) is 4.57. The summed E-state index contributed by atoms with van der Waals surface area (Å²) < 4.78 is 1.96. The van der Waals surface area contributed by atoms with Crippen molar-refractivity contribution in [3.8, 4) is 11.8 Å². The molecule has 3 aromatic rings. The highest BCUT2D eigenvalue weighted by Gasteiger charge is 2.16. The Morgan fingerprint density at radius 2 is 2.05 bits per heavy atom. The highest BCUT2D eigenvalue weighted by molar-refractivity contribution is 6.31. The van der Waals surface area contributed by atoms with Crippen LogP contribution in [-0.2, 0) is 0 Å². The second-order valence-electron chi connectivity index (χ2n) is 4.72. The summed E-state index contributed by atoms with van der Waals surface area (Å²) in [6.07, 6.45) is 0. The first-order chi connectivity index (χ1) is 10.1. The van der Waals surface area contributed by atoms with E-state index in [1.165, 1.54) is 0 Å². The van der Waals surface area contributed by atoms with Gasteiger partial charge in [-0.05, 0) is 43.3 Å². The van der Waals surface area contributed by atoms with Crippen LogP contribution in [0.15, 0.2) is 42.5 Å². The first-order valence-corrected chi connectivity index (χ1v) is 7.24. The van der Waals surface area contributed by atoms with Crippen molar-refractivity contribution in [3.63, 3.8) is 0 Å². The molecule has 0 N–H and O–H groups in total. The van der Waals surface area contributed by atoms with Crippen LogP contribution in [0.2, 0.25) is 5.02 Å². The Morgan fingerprint density at radius 1 is 1.24 bits per heavy atom. The van der Waals surface area contributed by atoms with Gasteiger partial charge in [0.05, 0.1) is 28.0 Å². The first-order valence-electron chi connectivity index (χ1n) is 6.42. The molecule has 0 aliphatic rings. The minimum Gasteiger partial charge on any atom is -0.295 e. The summed E-state index contributed by atoms with van der Waals surface area (Å²) in [6, 6.07) is 15.0. The van der Waals surface area contributed by atoms with E-state index < -0.39 is 0 Å². The third kappa shape index (κ3) is 2.49. The largest absolute Gasteiger partial charge is 0.295 e. The highest BCUT2D eigenvalue weighted by atomic mass is 35.5. The van der Waals surface area contributed by atoms with Gasteiger partial charge in [0.15, 0.2) is 0 Å². The van der Waals surface area contributed by atoms with Crippen molar-refractivity contribution < 1.29 is 0 Å². The van der Waals surface area contributed by atoms with Crippen LogP contribution >= 0.6 is 23.2 Å². The molecule has 0 spiro atoms. The van der Waals surface area contributed by atoms with Crippen LogP contribution in [0, 0.1) is 11.3 Å². The Bertz CT molecular complexity index is 860. The molecule has 0 aliphatic heterocycles. The number of imidazole rings is 1. The van der Waals surface area contributed by atoms with Gasteiger partial charge in [0.2, 0.25) is 0 Å². The number of hydrogen-bond acceptors (Lipinski definition) is 2. The summed E-state index contributed by atoms with van der Waals surface area (Å²) >= 11 is 12.3. The molecule has 1 heterocycles. The minimum atomic E-state index is -0.262. The Morgan fingerprint density at radius 3 is 2.76 bits per heavy atom. The average molecular weight is 316 g/mol. The van der Waals surface area contributed by atoms with Gasteiger partial charge in [-0.2, -0.15) is 5.26 Å². The van der Waals surface area contributed by atoms with Crippen LogP contribution in [0.1, 0.15) is 23.7 Å². The van der Waals surface area contributed by atoms with Crippen molar-refractivity contribution in [2.75, 3.05) is 0 Å². The molecule has 3 nitrogen and oxygen atoms in total. The average Bonchev–Trinajstić information content (AvgIpc) is 2.86. The smallest absolute Gasteiger partial charge is 0.132 e. The molecule has 0 saturated carbocycles. The van der Waals surface area contributed by atoms with E-state index in [0.717, 1.165) is 22.5 Å². The third-order valence-electron chi connectivity index (χ3n) is 3.23. The van der Waals surface area contributed by atoms with Gasteiger partial charge in [0, 0.05) is 10.7 Å². The first kappa shape index (κ1) is 13.9. The maximum atomic E-state index is 9.07. The molecule has 1 aromatic heterocycles. The summed E-state index contributed by atoms with van der Waals surface area (Å²) in [5.74, 6) is 0.726. The van der Waals surface area contributed by atoms with Gasteiger partial charge in [0.1, 0.15) is 5.82 Å². The van der Waals surface area contributed by atoms with Crippen molar-refractivity contribution in [3.05, 3.63) is 58.9 Å². The molecule has 1 atom stereocenters. The van der Waals surface area contributed by atoms with E-state index in [-0.39, 0.29) is 5.38 Å². The number of nitrogens with zero attached hydrogens (tertiary/aromatic N) is 3. The molecule has 5 heteroatoms. The van der Waals surface area contributed by atoms with Crippen molar-refractivity contribution in [2.24, 2.45) is 0 Å². The van der Waals surface area contributed by atoms with E-state index in [2.05, 4.69) is 11.1 Å². The topological polar surface area (TPSA) is 41.6 Å². The van der Waals surface area contributed by atoms with Crippen molar-refractivity contribution in [1.29, 1.82) is 5.26 Å². The monoisotopic (exact) mass is 315 g/mol. The lowest BCUT2D eigenvalue weighted by Gasteiger charge is -2.10. The molecule has 3 rings (SSSR count). The number of aromatic nitrogens is 2. The van der Waals surface area contributed by atoms with E-state index >= 15 is 0 Å². The maximum Gasteiger partial charge on any atom is 0.132 e. The molecule has 2 aromatic carbocycles. The number of rotatable bonds is 2. The zero-order valence-electron chi connectivity index (χ0n) is 11.2. The predicted octanol–water partition coefficient (Wildman–Crippen LogP) is 4.85. The van der Waals surface area contributed by atoms with E-state index in [9.17, 15) is 0 Å². The fraction of sp³-hybridized carbons (Fsp3) is 0.125. The summed E-state index contributed by atoms with van der Waals surface area (Å²) in [6.45, 7) is 1.87. The molecule has 0 saturated heterocycles. The van der Waals surface area contributed by atoms with Gasteiger partial charge in [-0.3, -0.25) is 4.57 Å². The van der Waals surface area contributed by atoms with Gasteiger partial charge < -0.3 is 0 Å². The van der Waals surface area contributed by atoms with E-state index in [1.54, 1.807) is 6.07 Å². The number of alkyl halides is 1. The predicted molar refractivity (Wildman–Crippen MR) is 85.1 cm³/mol. The minimum absolute atomic E-state index is 0.262. The van der Waals surface area contributed by atoms with Gasteiger partial charge in [-0.15, -0.1) is 11.6 Å². The van der Waals surface area contributed by atoms with Crippen LogP contribution in [0.3, 0.4) is 0 Å². The Balaban J connectivity index is 2.34. The quantitative estimate of drug-likeness (QED) is 0.634. The Hall–Kier alpha value is -2.02. The number of fused-ring (bicyclic) bond motifs is 1. The molecule has 0 aliphatic carbocycles. The number of benzene rings is 2. The lowest BCUT2D eigenvalue weighted by molar-refractivity contribution is 0.882. The second kappa shape index (κ2) is 5.40. The number of halogens is 2. The van der Waals surface area contributed by atoms with Gasteiger partial charge in [-0.25, -0.2) is 4.98 Å². The molecule has 1 unspecified atom stereocenters. The van der Waals surface area contributed by atoms with Crippen LogP contribution < -0.4 is 0 Å². The third-order valence-corrected chi connectivity index (χ3v) is 3.66. The highest BCUT2D eigenvalue weighted by Crippen LogP contribution is 2.29. The molecule has 0 radical (unpaired) electrons.